The second kappa shape index (κ2) is 6.19. The second-order valence-corrected chi connectivity index (χ2v) is 7.61. The Labute approximate surface area is 130 Å². The molecule has 1 nitrogen and oxygen atoms in total. The molecule has 1 atom stereocenters. The second-order valence-electron chi connectivity index (χ2n) is 5.97. The van der Waals surface area contributed by atoms with E-state index in [0.29, 0.717) is 0 Å². The number of hydrogen-bond donors (Lipinski definition) is 0. The van der Waals surface area contributed by atoms with E-state index in [9.17, 15) is 0 Å². The molecule has 1 aromatic carbocycles. The molecule has 0 amide bonds. The Morgan fingerprint density at radius 1 is 1.10 bits per heavy atom. The zero-order valence-electron chi connectivity index (χ0n) is 12.4. The lowest BCUT2D eigenvalue weighted by Gasteiger charge is -2.15. The molecule has 0 fully saturated rings. The van der Waals surface area contributed by atoms with E-state index in [4.69, 9.17) is 16.3 Å². The Balaban J connectivity index is 2.07. The third kappa shape index (κ3) is 3.77. The van der Waals surface area contributed by atoms with E-state index in [-0.39, 0.29) is 10.8 Å². The Morgan fingerprint density at radius 3 is 2.25 bits per heavy atom. The molecule has 0 saturated carbocycles. The first-order valence-electron chi connectivity index (χ1n) is 6.77. The highest BCUT2D eigenvalue weighted by molar-refractivity contribution is 7.12. The molecule has 1 unspecified atom stereocenters. The summed E-state index contributed by atoms with van der Waals surface area (Å²) in [5.41, 5.74) is 1.43. The van der Waals surface area contributed by atoms with Crippen LogP contribution in [0.3, 0.4) is 0 Å². The molecule has 3 heteroatoms. The maximum Gasteiger partial charge on any atom is 0.118 e. The Kier molecular flexibility index (Phi) is 4.77. The van der Waals surface area contributed by atoms with E-state index >= 15 is 0 Å². The number of halogens is 1. The smallest absolute Gasteiger partial charge is 0.118 e. The van der Waals surface area contributed by atoms with Crippen molar-refractivity contribution < 1.29 is 4.74 Å². The maximum absolute atomic E-state index is 6.56. The number of benzene rings is 1. The molecule has 1 aromatic heterocycles. The summed E-state index contributed by atoms with van der Waals surface area (Å²) in [6.07, 6.45) is 0.843. The van der Waals surface area contributed by atoms with Crippen LogP contribution in [0.5, 0.6) is 5.75 Å². The Hall–Kier alpha value is -0.990. The minimum atomic E-state index is 0.0319. The van der Waals surface area contributed by atoms with Gasteiger partial charge in [0.2, 0.25) is 0 Å². The average molecular weight is 309 g/mol. The largest absolute Gasteiger partial charge is 0.497 e. The lowest BCUT2D eigenvalue weighted by atomic mass is 9.95. The van der Waals surface area contributed by atoms with Crippen LogP contribution in [0.4, 0.5) is 0 Å². The van der Waals surface area contributed by atoms with Crippen LogP contribution in [0.1, 0.15) is 41.5 Å². The van der Waals surface area contributed by atoms with Crippen molar-refractivity contribution >= 4 is 22.9 Å². The number of hydrogen-bond acceptors (Lipinski definition) is 2. The third-order valence-corrected chi connectivity index (χ3v) is 5.39. The molecule has 2 rings (SSSR count). The van der Waals surface area contributed by atoms with Crippen LogP contribution in [0, 0.1) is 0 Å². The molecule has 0 saturated heterocycles. The summed E-state index contributed by atoms with van der Waals surface area (Å²) in [5.74, 6) is 0.881. The summed E-state index contributed by atoms with van der Waals surface area (Å²) in [6, 6.07) is 12.5. The van der Waals surface area contributed by atoms with Gasteiger partial charge in [0.15, 0.2) is 0 Å². The van der Waals surface area contributed by atoms with E-state index in [1.54, 1.807) is 7.11 Å². The van der Waals surface area contributed by atoms with Crippen LogP contribution in [0.25, 0.3) is 0 Å². The fraction of sp³-hybridized carbons (Fsp3) is 0.412. The van der Waals surface area contributed by atoms with E-state index in [2.05, 4.69) is 45.0 Å². The monoisotopic (exact) mass is 308 g/mol. The lowest BCUT2D eigenvalue weighted by molar-refractivity contribution is 0.414. The Morgan fingerprint density at radius 2 is 1.75 bits per heavy atom. The van der Waals surface area contributed by atoms with Gasteiger partial charge in [0.05, 0.1) is 12.5 Å². The molecule has 0 aliphatic carbocycles. The van der Waals surface area contributed by atoms with Gasteiger partial charge in [0.25, 0.3) is 0 Å². The number of ether oxygens (including phenoxy) is 1. The summed E-state index contributed by atoms with van der Waals surface area (Å²) in [5, 5.41) is 0.0319. The molecule has 20 heavy (non-hydrogen) atoms. The van der Waals surface area contributed by atoms with E-state index in [0.717, 1.165) is 12.2 Å². The molecule has 0 bridgehead atoms. The molecule has 1 heterocycles. The molecular weight excluding hydrogens is 288 g/mol. The highest BCUT2D eigenvalue weighted by atomic mass is 35.5. The first kappa shape index (κ1) is 15.4. The number of thiophene rings is 1. The van der Waals surface area contributed by atoms with Crippen molar-refractivity contribution in [2.24, 2.45) is 0 Å². The summed E-state index contributed by atoms with van der Waals surface area (Å²) < 4.78 is 5.17. The van der Waals surface area contributed by atoms with E-state index in [1.807, 2.05) is 23.5 Å². The molecule has 108 valence electrons. The minimum Gasteiger partial charge on any atom is -0.497 e. The molecule has 2 aromatic rings. The van der Waals surface area contributed by atoms with Gasteiger partial charge in [0, 0.05) is 9.75 Å². The first-order valence-corrected chi connectivity index (χ1v) is 8.02. The van der Waals surface area contributed by atoms with Gasteiger partial charge in [-0.15, -0.1) is 22.9 Å². The number of methoxy groups -OCH3 is 1. The number of alkyl halides is 1. The van der Waals surface area contributed by atoms with Crippen LogP contribution < -0.4 is 4.74 Å². The lowest BCUT2D eigenvalue weighted by Crippen LogP contribution is -2.07. The maximum atomic E-state index is 6.56. The molecule has 0 N–H and O–H groups in total. The van der Waals surface area contributed by atoms with Crippen LogP contribution in [0.2, 0.25) is 0 Å². The molecule has 0 spiro atoms. The number of rotatable bonds is 4. The van der Waals surface area contributed by atoms with Crippen molar-refractivity contribution in [1.82, 2.24) is 0 Å². The first-order chi connectivity index (χ1) is 9.40. The normalized spacial score (nSPS) is 13.2. The third-order valence-electron chi connectivity index (χ3n) is 3.25. The average Bonchev–Trinajstić information content (AvgIpc) is 2.89. The quantitative estimate of drug-likeness (QED) is 0.670. The summed E-state index contributed by atoms with van der Waals surface area (Å²) in [7, 11) is 1.68. The van der Waals surface area contributed by atoms with Gasteiger partial charge in [-0.25, -0.2) is 0 Å². The van der Waals surface area contributed by atoms with Crippen molar-refractivity contribution in [2.45, 2.75) is 38.0 Å². The molecule has 0 radical (unpaired) electrons. The van der Waals surface area contributed by atoms with Crippen molar-refractivity contribution in [3.05, 3.63) is 51.7 Å². The fourth-order valence-electron chi connectivity index (χ4n) is 1.99. The van der Waals surface area contributed by atoms with Crippen LogP contribution in [-0.4, -0.2) is 7.11 Å². The van der Waals surface area contributed by atoms with E-state index in [1.165, 1.54) is 15.3 Å². The SMILES string of the molecule is COc1ccc(CC(Cl)c2ccc(C(C)(C)C)s2)cc1. The van der Waals surface area contributed by atoms with Gasteiger partial charge in [-0.1, -0.05) is 32.9 Å². The zero-order chi connectivity index (χ0) is 14.8. The summed E-state index contributed by atoms with van der Waals surface area (Å²) in [4.78, 5) is 2.63. The molecular formula is C17H21ClOS. The molecule has 0 aliphatic rings. The zero-order valence-corrected chi connectivity index (χ0v) is 14.0. The van der Waals surface area contributed by atoms with Crippen molar-refractivity contribution in [1.29, 1.82) is 0 Å². The summed E-state index contributed by atoms with van der Waals surface area (Å²) in [6.45, 7) is 6.69. The minimum absolute atomic E-state index is 0.0319. The van der Waals surface area contributed by atoms with Gasteiger partial charge in [-0.05, 0) is 41.7 Å². The van der Waals surface area contributed by atoms with Crippen molar-refractivity contribution in [3.63, 3.8) is 0 Å². The van der Waals surface area contributed by atoms with Crippen molar-refractivity contribution in [3.8, 4) is 5.75 Å². The topological polar surface area (TPSA) is 9.23 Å². The Bertz CT molecular complexity index is 551. The van der Waals surface area contributed by atoms with Crippen molar-refractivity contribution in [2.75, 3.05) is 7.11 Å². The van der Waals surface area contributed by atoms with Crippen LogP contribution in [-0.2, 0) is 11.8 Å². The standard InChI is InChI=1S/C17H21ClOS/c1-17(2,3)16-10-9-15(20-16)14(18)11-12-5-7-13(19-4)8-6-12/h5-10,14H,11H2,1-4H3. The van der Waals surface area contributed by atoms with E-state index < -0.39 is 0 Å². The van der Waals surface area contributed by atoms with Gasteiger partial charge in [-0.3, -0.25) is 0 Å². The van der Waals surface area contributed by atoms with Gasteiger partial charge >= 0.3 is 0 Å². The fourth-order valence-corrected chi connectivity index (χ4v) is 3.42. The van der Waals surface area contributed by atoms with Gasteiger partial charge < -0.3 is 4.74 Å². The van der Waals surface area contributed by atoms with Gasteiger partial charge in [0.1, 0.15) is 5.75 Å². The molecule has 0 aliphatic heterocycles. The highest BCUT2D eigenvalue weighted by Gasteiger charge is 2.19. The predicted octanol–water partition coefficient (Wildman–Crippen LogP) is 5.58. The van der Waals surface area contributed by atoms with Gasteiger partial charge in [-0.2, -0.15) is 0 Å². The summed E-state index contributed by atoms with van der Waals surface area (Å²) >= 11 is 8.38. The predicted molar refractivity (Wildman–Crippen MR) is 88.3 cm³/mol. The van der Waals surface area contributed by atoms with Crippen LogP contribution in [0.15, 0.2) is 36.4 Å². The van der Waals surface area contributed by atoms with Crippen LogP contribution >= 0.6 is 22.9 Å². The highest BCUT2D eigenvalue weighted by Crippen LogP contribution is 2.36.